The van der Waals surface area contributed by atoms with E-state index in [-0.39, 0.29) is 22.4 Å². The van der Waals surface area contributed by atoms with Crippen LogP contribution < -0.4 is 0 Å². The minimum atomic E-state index is -0.309. The summed E-state index contributed by atoms with van der Waals surface area (Å²) in [5.74, 6) is 6.61. The minimum absolute atomic E-state index is 0.159. The first-order valence-electron chi connectivity index (χ1n) is 12.3. The number of allylic oxidation sites excluding steroid dienone is 1. The summed E-state index contributed by atoms with van der Waals surface area (Å²) in [6.07, 6.45) is 18.2. The minimum Gasteiger partial charge on any atom is -0.458 e. The second kappa shape index (κ2) is 5.09. The summed E-state index contributed by atoms with van der Waals surface area (Å²) in [7, 11) is 0. The lowest BCUT2D eigenvalue weighted by Gasteiger charge is -2.61. The average Bonchev–Trinajstić information content (AvgIpc) is 3.39. The van der Waals surface area contributed by atoms with Crippen LogP contribution in [0.2, 0.25) is 0 Å². The number of esters is 1. The fraction of sp³-hybridized carbons (Fsp3) is 0.885. The van der Waals surface area contributed by atoms with Crippen molar-refractivity contribution in [2.24, 2.45) is 58.2 Å². The molecule has 7 saturated carbocycles. The lowest BCUT2D eigenvalue weighted by Crippen LogP contribution is -2.58. The molecule has 0 aliphatic heterocycles. The van der Waals surface area contributed by atoms with Gasteiger partial charge >= 0.3 is 5.97 Å². The Labute approximate surface area is 169 Å². The second-order valence-corrected chi connectivity index (χ2v) is 12.8. The van der Waals surface area contributed by atoms with Gasteiger partial charge in [-0.3, -0.25) is 4.79 Å². The molecular weight excluding hydrogens is 344 g/mol. The second-order valence-electron chi connectivity index (χ2n) is 12.8. The van der Waals surface area contributed by atoms with Crippen molar-refractivity contribution in [3.05, 3.63) is 12.2 Å². The molecule has 0 aromatic heterocycles. The van der Waals surface area contributed by atoms with Crippen molar-refractivity contribution < 1.29 is 9.53 Å². The fourth-order valence-electron chi connectivity index (χ4n) is 10.6. The summed E-state index contributed by atoms with van der Waals surface area (Å²) in [5.41, 5.74) is -0.326. The smallest absolute Gasteiger partial charge is 0.316 e. The van der Waals surface area contributed by atoms with Gasteiger partial charge in [0.05, 0.1) is 5.41 Å². The van der Waals surface area contributed by atoms with Crippen molar-refractivity contribution in [2.45, 2.75) is 83.7 Å². The van der Waals surface area contributed by atoms with Crippen molar-refractivity contribution in [3.8, 4) is 0 Å². The van der Waals surface area contributed by atoms with E-state index < -0.39 is 0 Å². The Balaban J connectivity index is 1.19. The van der Waals surface area contributed by atoms with Crippen molar-refractivity contribution in [2.75, 3.05) is 0 Å². The molecule has 28 heavy (non-hydrogen) atoms. The molecule has 0 aromatic carbocycles. The van der Waals surface area contributed by atoms with E-state index in [1.54, 1.807) is 0 Å². The summed E-state index contributed by atoms with van der Waals surface area (Å²) >= 11 is 0. The number of carbonyl (C=O) groups excluding carboxylic acids is 1. The van der Waals surface area contributed by atoms with Gasteiger partial charge in [0.15, 0.2) is 0 Å². The zero-order chi connectivity index (χ0) is 18.9. The van der Waals surface area contributed by atoms with Crippen LogP contribution in [-0.4, -0.2) is 11.6 Å². The van der Waals surface area contributed by atoms with Gasteiger partial charge in [0, 0.05) is 5.41 Å². The number of hydrogen-bond acceptors (Lipinski definition) is 2. The topological polar surface area (TPSA) is 26.3 Å². The van der Waals surface area contributed by atoms with Crippen LogP contribution in [0.4, 0.5) is 0 Å². The van der Waals surface area contributed by atoms with Gasteiger partial charge in [-0.25, -0.2) is 0 Å². The van der Waals surface area contributed by atoms with Gasteiger partial charge in [-0.1, -0.05) is 12.2 Å². The van der Waals surface area contributed by atoms with E-state index in [9.17, 15) is 4.79 Å². The molecule has 8 rings (SSSR count). The predicted octanol–water partition coefficient (Wildman–Crippen LogP) is 5.76. The molecule has 0 amide bonds. The zero-order valence-corrected chi connectivity index (χ0v) is 17.7. The molecule has 8 aliphatic rings. The summed E-state index contributed by atoms with van der Waals surface area (Å²) in [6, 6.07) is 0. The SMILES string of the molecule is CC(C)(OC(=O)C12C=CC(C1)C1C3CCC(C3)C12)C12CC3CC(CC(C3)C1)C2. The summed E-state index contributed by atoms with van der Waals surface area (Å²) in [5, 5.41) is 0. The number of rotatable bonds is 3. The maximum Gasteiger partial charge on any atom is 0.316 e. The van der Waals surface area contributed by atoms with Gasteiger partial charge in [-0.2, -0.15) is 0 Å². The largest absolute Gasteiger partial charge is 0.458 e. The molecule has 0 heterocycles. The predicted molar refractivity (Wildman–Crippen MR) is 108 cm³/mol. The third kappa shape index (κ3) is 1.90. The van der Waals surface area contributed by atoms with E-state index in [0.29, 0.717) is 11.8 Å². The lowest BCUT2D eigenvalue weighted by atomic mass is 9.46. The van der Waals surface area contributed by atoms with E-state index in [4.69, 9.17) is 4.74 Å². The first kappa shape index (κ1) is 16.9. The number of carbonyl (C=O) groups is 1. The van der Waals surface area contributed by atoms with Gasteiger partial charge in [-0.05, 0) is 125 Å². The molecule has 0 aromatic rings. The zero-order valence-electron chi connectivity index (χ0n) is 17.7. The molecule has 2 nitrogen and oxygen atoms in total. The molecule has 0 spiro atoms. The van der Waals surface area contributed by atoms with E-state index in [2.05, 4.69) is 26.0 Å². The highest BCUT2D eigenvalue weighted by Crippen LogP contribution is 2.71. The molecule has 6 atom stereocenters. The monoisotopic (exact) mass is 380 g/mol. The summed E-state index contributed by atoms with van der Waals surface area (Å²) in [4.78, 5) is 13.9. The van der Waals surface area contributed by atoms with Crippen molar-refractivity contribution in [3.63, 3.8) is 0 Å². The first-order valence-corrected chi connectivity index (χ1v) is 12.3. The van der Waals surface area contributed by atoms with Crippen LogP contribution in [0.5, 0.6) is 0 Å². The lowest BCUT2D eigenvalue weighted by molar-refractivity contribution is -0.207. The van der Waals surface area contributed by atoms with Crippen molar-refractivity contribution in [1.29, 1.82) is 0 Å². The van der Waals surface area contributed by atoms with Gasteiger partial charge in [0.2, 0.25) is 0 Å². The summed E-state index contributed by atoms with van der Waals surface area (Å²) in [6.45, 7) is 4.55. The third-order valence-electron chi connectivity index (χ3n) is 11.3. The molecule has 7 fully saturated rings. The highest BCUT2D eigenvalue weighted by atomic mass is 16.6. The quantitative estimate of drug-likeness (QED) is 0.353. The van der Waals surface area contributed by atoms with Crippen LogP contribution in [0.1, 0.15) is 78.1 Å². The van der Waals surface area contributed by atoms with Gasteiger partial charge < -0.3 is 4.74 Å². The van der Waals surface area contributed by atoms with Crippen molar-refractivity contribution in [1.82, 2.24) is 0 Å². The maximum atomic E-state index is 13.9. The maximum absolute atomic E-state index is 13.9. The van der Waals surface area contributed by atoms with E-state index in [0.717, 1.165) is 41.9 Å². The molecule has 6 unspecified atom stereocenters. The Morgan fingerprint density at radius 3 is 2.25 bits per heavy atom. The van der Waals surface area contributed by atoms with E-state index in [1.165, 1.54) is 57.8 Å². The molecule has 152 valence electrons. The Morgan fingerprint density at radius 2 is 1.57 bits per heavy atom. The molecule has 8 bridgehead atoms. The highest BCUT2D eigenvalue weighted by molar-refractivity contribution is 5.82. The standard InChI is InChI=1S/C26H36O2/c1-24(2,25-11-15-7-16(12-25)9-17(8-15)13-25)28-23(27)26-6-5-20(14-26)21-18-3-4-19(10-18)22(21)26/h5-6,15-22H,3-4,7-14H2,1-2H3. The summed E-state index contributed by atoms with van der Waals surface area (Å²) < 4.78 is 6.65. The van der Waals surface area contributed by atoms with Crippen LogP contribution >= 0.6 is 0 Å². The van der Waals surface area contributed by atoms with Gasteiger partial charge in [0.25, 0.3) is 0 Å². The molecular formula is C26H36O2. The van der Waals surface area contributed by atoms with Gasteiger partial charge in [0.1, 0.15) is 5.60 Å². The fourth-order valence-corrected chi connectivity index (χ4v) is 10.6. The van der Waals surface area contributed by atoms with Crippen LogP contribution in [0.15, 0.2) is 12.2 Å². The molecule has 0 radical (unpaired) electrons. The Morgan fingerprint density at radius 1 is 0.929 bits per heavy atom. The highest BCUT2D eigenvalue weighted by Gasteiger charge is 2.68. The molecule has 2 heteroatoms. The average molecular weight is 381 g/mol. The van der Waals surface area contributed by atoms with Crippen LogP contribution in [0, 0.1) is 58.2 Å². The number of hydrogen-bond donors (Lipinski definition) is 0. The Bertz CT molecular complexity index is 727. The molecule has 8 aliphatic carbocycles. The van der Waals surface area contributed by atoms with Crippen LogP contribution in [-0.2, 0) is 9.53 Å². The Hall–Kier alpha value is -0.790. The van der Waals surface area contributed by atoms with Crippen molar-refractivity contribution >= 4 is 5.97 Å². The molecule has 0 saturated heterocycles. The molecule has 0 N–H and O–H groups in total. The normalized spacial score (nSPS) is 57.2. The van der Waals surface area contributed by atoms with E-state index in [1.807, 2.05) is 0 Å². The number of fused-ring (bicyclic) bond motifs is 9. The van der Waals surface area contributed by atoms with E-state index >= 15 is 0 Å². The number of ether oxygens (including phenoxy) is 1. The van der Waals surface area contributed by atoms with Gasteiger partial charge in [-0.15, -0.1) is 0 Å². The first-order chi connectivity index (χ1) is 13.4. The van der Waals surface area contributed by atoms with Crippen LogP contribution in [0.25, 0.3) is 0 Å². The Kier molecular flexibility index (Phi) is 3.08. The van der Waals surface area contributed by atoms with Crippen LogP contribution in [0.3, 0.4) is 0 Å². The third-order valence-corrected chi connectivity index (χ3v) is 11.3.